The van der Waals surface area contributed by atoms with Crippen LogP contribution in [0.15, 0.2) is 35.3 Å². The molecule has 1 atom stereocenters. The maximum atomic E-state index is 5.25. The van der Waals surface area contributed by atoms with Gasteiger partial charge in [0.25, 0.3) is 0 Å². The van der Waals surface area contributed by atoms with Crippen LogP contribution in [0.25, 0.3) is 0 Å². The molecule has 0 aromatic heterocycles. The first-order valence-electron chi connectivity index (χ1n) is 10.1. The van der Waals surface area contributed by atoms with Crippen molar-refractivity contribution in [2.45, 2.75) is 38.1 Å². The SMILES string of the molecule is CCNC(=NCCN(CCOC)C1CC1)N1CCC(c2ccccc2)C1.I. The topological polar surface area (TPSA) is 40.1 Å². The molecule has 0 spiro atoms. The Hall–Kier alpha value is -0.860. The molecule has 1 saturated carbocycles. The summed E-state index contributed by atoms with van der Waals surface area (Å²) < 4.78 is 5.25. The Bertz CT molecular complexity index is 565. The Labute approximate surface area is 181 Å². The van der Waals surface area contributed by atoms with Gasteiger partial charge in [-0.15, -0.1) is 24.0 Å². The zero-order valence-corrected chi connectivity index (χ0v) is 19.1. The summed E-state index contributed by atoms with van der Waals surface area (Å²) in [5.41, 5.74) is 1.45. The van der Waals surface area contributed by atoms with E-state index in [9.17, 15) is 0 Å². The van der Waals surface area contributed by atoms with Crippen LogP contribution >= 0.6 is 24.0 Å². The van der Waals surface area contributed by atoms with Crippen molar-refractivity contribution in [3.05, 3.63) is 35.9 Å². The highest BCUT2D eigenvalue weighted by Crippen LogP contribution is 2.27. The van der Waals surface area contributed by atoms with E-state index in [2.05, 4.69) is 52.4 Å². The predicted molar refractivity (Wildman–Crippen MR) is 123 cm³/mol. The number of benzene rings is 1. The molecule has 1 aliphatic heterocycles. The van der Waals surface area contributed by atoms with Crippen LogP contribution in [-0.4, -0.2) is 74.8 Å². The fourth-order valence-corrected chi connectivity index (χ4v) is 3.79. The summed E-state index contributed by atoms with van der Waals surface area (Å²) in [5, 5.41) is 3.49. The molecule has 1 unspecified atom stereocenters. The van der Waals surface area contributed by atoms with E-state index >= 15 is 0 Å². The van der Waals surface area contributed by atoms with Crippen molar-refractivity contribution >= 4 is 29.9 Å². The second-order valence-electron chi connectivity index (χ2n) is 7.34. The van der Waals surface area contributed by atoms with Gasteiger partial charge in [0, 0.05) is 51.8 Å². The predicted octanol–water partition coefficient (Wildman–Crippen LogP) is 3.17. The maximum absolute atomic E-state index is 5.25. The Kier molecular flexibility index (Phi) is 9.86. The summed E-state index contributed by atoms with van der Waals surface area (Å²) >= 11 is 0. The van der Waals surface area contributed by atoms with Crippen molar-refractivity contribution in [1.82, 2.24) is 15.1 Å². The van der Waals surface area contributed by atoms with Gasteiger partial charge < -0.3 is 15.0 Å². The van der Waals surface area contributed by atoms with E-state index in [4.69, 9.17) is 9.73 Å². The van der Waals surface area contributed by atoms with Gasteiger partial charge >= 0.3 is 0 Å². The van der Waals surface area contributed by atoms with E-state index < -0.39 is 0 Å². The van der Waals surface area contributed by atoms with Crippen molar-refractivity contribution in [2.75, 3.05) is 53.0 Å². The van der Waals surface area contributed by atoms with Gasteiger partial charge in [0.15, 0.2) is 5.96 Å². The highest BCUT2D eigenvalue weighted by molar-refractivity contribution is 14.0. The van der Waals surface area contributed by atoms with E-state index in [0.29, 0.717) is 5.92 Å². The van der Waals surface area contributed by atoms with Crippen LogP contribution in [0.5, 0.6) is 0 Å². The summed E-state index contributed by atoms with van der Waals surface area (Å²) in [7, 11) is 1.78. The number of nitrogens with zero attached hydrogens (tertiary/aromatic N) is 3. The first kappa shape index (κ1) is 22.4. The minimum Gasteiger partial charge on any atom is -0.383 e. The molecule has 1 N–H and O–H groups in total. The third kappa shape index (κ3) is 6.91. The third-order valence-corrected chi connectivity index (χ3v) is 5.39. The van der Waals surface area contributed by atoms with Crippen LogP contribution in [0, 0.1) is 0 Å². The van der Waals surface area contributed by atoms with Crippen molar-refractivity contribution in [2.24, 2.45) is 4.99 Å². The molecule has 3 rings (SSSR count). The Morgan fingerprint density at radius 1 is 1.22 bits per heavy atom. The molecule has 6 heteroatoms. The Morgan fingerprint density at radius 3 is 2.67 bits per heavy atom. The molecule has 5 nitrogen and oxygen atoms in total. The molecule has 1 aromatic carbocycles. The minimum absolute atomic E-state index is 0. The summed E-state index contributed by atoms with van der Waals surface area (Å²) in [4.78, 5) is 9.89. The summed E-state index contributed by atoms with van der Waals surface area (Å²) in [6, 6.07) is 11.6. The summed E-state index contributed by atoms with van der Waals surface area (Å²) in [6.45, 7) is 8.93. The van der Waals surface area contributed by atoms with Crippen LogP contribution in [0.1, 0.15) is 37.7 Å². The number of likely N-dealkylation sites (tertiary alicyclic amines) is 1. The number of aliphatic imine (C=N–C) groups is 1. The van der Waals surface area contributed by atoms with E-state index in [1.165, 1.54) is 24.8 Å². The van der Waals surface area contributed by atoms with Gasteiger partial charge in [0.2, 0.25) is 0 Å². The minimum atomic E-state index is 0. The number of methoxy groups -OCH3 is 1. The molecule has 2 aliphatic rings. The lowest BCUT2D eigenvalue weighted by atomic mass is 9.99. The average molecular weight is 486 g/mol. The monoisotopic (exact) mass is 486 g/mol. The fraction of sp³-hybridized carbons (Fsp3) is 0.667. The average Bonchev–Trinajstić information content (AvgIpc) is 3.40. The molecule has 0 amide bonds. The highest BCUT2D eigenvalue weighted by Gasteiger charge is 2.29. The van der Waals surface area contributed by atoms with Gasteiger partial charge in [-0.2, -0.15) is 0 Å². The largest absolute Gasteiger partial charge is 0.383 e. The maximum Gasteiger partial charge on any atom is 0.193 e. The second-order valence-corrected chi connectivity index (χ2v) is 7.34. The van der Waals surface area contributed by atoms with E-state index in [1.54, 1.807) is 7.11 Å². The number of guanidine groups is 1. The van der Waals surface area contributed by atoms with E-state index in [1.807, 2.05) is 0 Å². The van der Waals surface area contributed by atoms with Crippen LogP contribution < -0.4 is 5.32 Å². The quantitative estimate of drug-likeness (QED) is 0.331. The zero-order chi connectivity index (χ0) is 18.2. The van der Waals surface area contributed by atoms with Gasteiger partial charge in [-0.05, 0) is 31.7 Å². The number of hydrogen-bond acceptors (Lipinski definition) is 3. The fourth-order valence-electron chi connectivity index (χ4n) is 3.79. The second kappa shape index (κ2) is 11.9. The molecule has 2 fully saturated rings. The number of halogens is 1. The van der Waals surface area contributed by atoms with Gasteiger partial charge in [0.05, 0.1) is 13.2 Å². The number of nitrogens with one attached hydrogen (secondary N) is 1. The van der Waals surface area contributed by atoms with Gasteiger partial charge in [-0.1, -0.05) is 30.3 Å². The molecule has 1 saturated heterocycles. The smallest absolute Gasteiger partial charge is 0.193 e. The van der Waals surface area contributed by atoms with Crippen molar-refractivity contribution < 1.29 is 4.74 Å². The lowest BCUT2D eigenvalue weighted by Crippen LogP contribution is -2.40. The third-order valence-electron chi connectivity index (χ3n) is 5.39. The molecule has 152 valence electrons. The molecule has 1 heterocycles. The standard InChI is InChI=1S/C21H34N4O.HI/c1-3-22-21(23-12-14-24(15-16-26-2)20-9-10-20)25-13-11-19(17-25)18-7-5-4-6-8-18;/h4-8,19-20H,3,9-17H2,1-2H3,(H,22,23);1H. The molecule has 0 radical (unpaired) electrons. The Balaban J connectivity index is 0.00000261. The Morgan fingerprint density at radius 2 is 2.00 bits per heavy atom. The number of ether oxygens (including phenoxy) is 1. The van der Waals surface area contributed by atoms with Crippen LogP contribution in [0.3, 0.4) is 0 Å². The van der Waals surface area contributed by atoms with Gasteiger partial charge in [-0.25, -0.2) is 0 Å². The van der Waals surface area contributed by atoms with Gasteiger partial charge in [0.1, 0.15) is 0 Å². The van der Waals surface area contributed by atoms with Crippen LogP contribution in [-0.2, 0) is 4.74 Å². The van der Waals surface area contributed by atoms with Crippen LogP contribution in [0.2, 0.25) is 0 Å². The summed E-state index contributed by atoms with van der Waals surface area (Å²) in [6.07, 6.45) is 3.87. The van der Waals surface area contributed by atoms with E-state index in [0.717, 1.165) is 57.9 Å². The van der Waals surface area contributed by atoms with E-state index in [-0.39, 0.29) is 24.0 Å². The molecule has 1 aliphatic carbocycles. The first-order valence-corrected chi connectivity index (χ1v) is 10.1. The molecular weight excluding hydrogens is 451 g/mol. The summed E-state index contributed by atoms with van der Waals surface area (Å²) in [5.74, 6) is 1.69. The molecule has 0 bridgehead atoms. The van der Waals surface area contributed by atoms with Crippen molar-refractivity contribution in [3.8, 4) is 0 Å². The number of rotatable bonds is 9. The lowest BCUT2D eigenvalue weighted by Gasteiger charge is -2.23. The normalized spacial score (nSPS) is 20.0. The van der Waals surface area contributed by atoms with Crippen molar-refractivity contribution in [1.29, 1.82) is 0 Å². The molecule has 1 aromatic rings. The van der Waals surface area contributed by atoms with Crippen LogP contribution in [0.4, 0.5) is 0 Å². The zero-order valence-electron chi connectivity index (χ0n) is 16.8. The first-order chi connectivity index (χ1) is 12.8. The number of hydrogen-bond donors (Lipinski definition) is 1. The molecular formula is C21H35IN4O. The molecule has 27 heavy (non-hydrogen) atoms. The van der Waals surface area contributed by atoms with Gasteiger partial charge in [-0.3, -0.25) is 9.89 Å². The van der Waals surface area contributed by atoms with Crippen molar-refractivity contribution in [3.63, 3.8) is 0 Å². The highest BCUT2D eigenvalue weighted by atomic mass is 127. The lowest BCUT2D eigenvalue weighted by molar-refractivity contribution is 0.145.